The molecule has 5 heteroatoms. The van der Waals surface area contributed by atoms with Crippen molar-refractivity contribution in [3.8, 4) is 5.75 Å². The zero-order valence-electron chi connectivity index (χ0n) is 11.9. The maximum absolute atomic E-state index is 11.7. The van der Waals surface area contributed by atoms with Crippen molar-refractivity contribution in [2.45, 2.75) is 39.2 Å². The summed E-state index contributed by atoms with van der Waals surface area (Å²) in [6, 6.07) is 3.66. The van der Waals surface area contributed by atoms with Crippen LogP contribution in [-0.4, -0.2) is 29.6 Å². The molecule has 0 aliphatic heterocycles. The SMILES string of the molecule is CCC(C)(C)NC(=O)COc1ccc(CCN)nc1. The van der Waals surface area contributed by atoms with E-state index in [1.54, 1.807) is 12.3 Å². The number of nitrogens with zero attached hydrogens (tertiary/aromatic N) is 1. The lowest BCUT2D eigenvalue weighted by Gasteiger charge is -2.24. The molecule has 0 aromatic carbocycles. The minimum Gasteiger partial charge on any atom is -0.482 e. The van der Waals surface area contributed by atoms with Gasteiger partial charge in [0.1, 0.15) is 5.75 Å². The van der Waals surface area contributed by atoms with Gasteiger partial charge in [0.05, 0.1) is 6.20 Å². The van der Waals surface area contributed by atoms with Crippen molar-refractivity contribution >= 4 is 5.91 Å². The fourth-order valence-corrected chi connectivity index (χ4v) is 1.44. The predicted octanol–water partition coefficient (Wildman–Crippen LogP) is 1.27. The van der Waals surface area contributed by atoms with E-state index >= 15 is 0 Å². The third-order valence-corrected chi connectivity index (χ3v) is 2.93. The van der Waals surface area contributed by atoms with Gasteiger partial charge in [-0.25, -0.2) is 0 Å². The first-order valence-corrected chi connectivity index (χ1v) is 6.55. The zero-order chi connectivity index (χ0) is 14.3. The quantitative estimate of drug-likeness (QED) is 0.778. The number of aromatic nitrogens is 1. The van der Waals surface area contributed by atoms with Gasteiger partial charge in [0, 0.05) is 17.7 Å². The molecule has 1 heterocycles. The van der Waals surface area contributed by atoms with Gasteiger partial charge in [0.15, 0.2) is 6.61 Å². The second-order valence-corrected chi connectivity index (χ2v) is 5.10. The summed E-state index contributed by atoms with van der Waals surface area (Å²) in [6.45, 7) is 6.56. The lowest BCUT2D eigenvalue weighted by molar-refractivity contribution is -0.124. The van der Waals surface area contributed by atoms with Crippen LogP contribution in [0.15, 0.2) is 18.3 Å². The van der Waals surface area contributed by atoms with Crippen LogP contribution < -0.4 is 15.8 Å². The normalized spacial score (nSPS) is 11.2. The Balaban J connectivity index is 2.42. The van der Waals surface area contributed by atoms with Crippen molar-refractivity contribution in [1.82, 2.24) is 10.3 Å². The number of pyridine rings is 1. The van der Waals surface area contributed by atoms with Crippen molar-refractivity contribution in [2.75, 3.05) is 13.2 Å². The van der Waals surface area contributed by atoms with Gasteiger partial charge in [-0.1, -0.05) is 6.92 Å². The van der Waals surface area contributed by atoms with Gasteiger partial charge in [0.25, 0.3) is 5.91 Å². The molecule has 5 nitrogen and oxygen atoms in total. The van der Waals surface area contributed by atoms with Crippen molar-refractivity contribution in [1.29, 1.82) is 0 Å². The summed E-state index contributed by atoms with van der Waals surface area (Å²) in [5, 5.41) is 2.91. The number of ether oxygens (including phenoxy) is 1. The predicted molar refractivity (Wildman–Crippen MR) is 75.0 cm³/mol. The van der Waals surface area contributed by atoms with E-state index in [0.29, 0.717) is 12.3 Å². The topological polar surface area (TPSA) is 77.2 Å². The number of rotatable bonds is 7. The largest absolute Gasteiger partial charge is 0.482 e. The Hall–Kier alpha value is -1.62. The summed E-state index contributed by atoms with van der Waals surface area (Å²) in [5.41, 5.74) is 6.16. The molecule has 106 valence electrons. The van der Waals surface area contributed by atoms with Crippen LogP contribution in [0.1, 0.15) is 32.9 Å². The van der Waals surface area contributed by atoms with Gasteiger partial charge < -0.3 is 15.8 Å². The maximum atomic E-state index is 11.7. The molecule has 0 unspecified atom stereocenters. The van der Waals surface area contributed by atoms with E-state index in [9.17, 15) is 4.79 Å². The Labute approximate surface area is 114 Å². The van der Waals surface area contributed by atoms with Crippen molar-refractivity contribution in [2.24, 2.45) is 5.73 Å². The highest BCUT2D eigenvalue weighted by atomic mass is 16.5. The molecule has 1 amide bonds. The molecule has 0 spiro atoms. The Bertz CT molecular complexity index is 402. The first-order chi connectivity index (χ1) is 8.96. The third-order valence-electron chi connectivity index (χ3n) is 2.93. The molecule has 0 saturated carbocycles. The van der Waals surface area contributed by atoms with Crippen LogP contribution in [0.5, 0.6) is 5.75 Å². The van der Waals surface area contributed by atoms with Gasteiger partial charge >= 0.3 is 0 Å². The summed E-state index contributed by atoms with van der Waals surface area (Å²) >= 11 is 0. The van der Waals surface area contributed by atoms with E-state index in [2.05, 4.69) is 10.3 Å². The Kier molecular flexibility index (Phi) is 5.76. The lowest BCUT2D eigenvalue weighted by Crippen LogP contribution is -2.44. The fraction of sp³-hybridized carbons (Fsp3) is 0.571. The molecular weight excluding hydrogens is 242 g/mol. The van der Waals surface area contributed by atoms with Gasteiger partial charge in [0.2, 0.25) is 0 Å². The highest BCUT2D eigenvalue weighted by molar-refractivity contribution is 5.78. The van der Waals surface area contributed by atoms with Crippen LogP contribution >= 0.6 is 0 Å². The summed E-state index contributed by atoms with van der Waals surface area (Å²) in [7, 11) is 0. The van der Waals surface area contributed by atoms with E-state index in [-0.39, 0.29) is 18.1 Å². The second-order valence-electron chi connectivity index (χ2n) is 5.10. The number of amides is 1. The van der Waals surface area contributed by atoms with Crippen LogP contribution in [-0.2, 0) is 11.2 Å². The van der Waals surface area contributed by atoms with Gasteiger partial charge in [-0.3, -0.25) is 9.78 Å². The summed E-state index contributed by atoms with van der Waals surface area (Å²) < 4.78 is 5.39. The molecule has 0 atom stereocenters. The van der Waals surface area contributed by atoms with Crippen LogP contribution in [0.25, 0.3) is 0 Å². The molecule has 19 heavy (non-hydrogen) atoms. The average molecular weight is 265 g/mol. The Morgan fingerprint density at radius 1 is 1.47 bits per heavy atom. The first-order valence-electron chi connectivity index (χ1n) is 6.55. The molecule has 1 aromatic heterocycles. The molecule has 1 aromatic rings. The number of nitrogens with two attached hydrogens (primary N) is 1. The van der Waals surface area contributed by atoms with Gasteiger partial charge in [-0.2, -0.15) is 0 Å². The standard InChI is InChI=1S/C14H23N3O2/c1-4-14(2,3)17-13(18)10-19-12-6-5-11(7-8-15)16-9-12/h5-6,9H,4,7-8,10,15H2,1-3H3,(H,17,18). The van der Waals surface area contributed by atoms with Crippen LogP contribution in [0.3, 0.4) is 0 Å². The fourth-order valence-electron chi connectivity index (χ4n) is 1.44. The van der Waals surface area contributed by atoms with E-state index < -0.39 is 0 Å². The monoisotopic (exact) mass is 265 g/mol. The number of nitrogens with one attached hydrogen (secondary N) is 1. The summed E-state index contributed by atoms with van der Waals surface area (Å²) in [6.07, 6.45) is 3.22. The minimum absolute atomic E-state index is 0.00133. The molecule has 3 N–H and O–H groups in total. The van der Waals surface area contributed by atoms with E-state index in [1.807, 2.05) is 26.8 Å². The van der Waals surface area contributed by atoms with E-state index in [0.717, 1.165) is 18.5 Å². The van der Waals surface area contributed by atoms with Crippen molar-refractivity contribution < 1.29 is 9.53 Å². The van der Waals surface area contributed by atoms with Crippen molar-refractivity contribution in [3.05, 3.63) is 24.0 Å². The smallest absolute Gasteiger partial charge is 0.258 e. The average Bonchev–Trinajstić information content (AvgIpc) is 2.38. The van der Waals surface area contributed by atoms with Gasteiger partial charge in [-0.15, -0.1) is 0 Å². The maximum Gasteiger partial charge on any atom is 0.258 e. The highest BCUT2D eigenvalue weighted by Crippen LogP contribution is 2.10. The summed E-state index contributed by atoms with van der Waals surface area (Å²) in [5.74, 6) is 0.461. The van der Waals surface area contributed by atoms with Crippen LogP contribution in [0.2, 0.25) is 0 Å². The number of hydrogen-bond donors (Lipinski definition) is 2. The van der Waals surface area contributed by atoms with Crippen LogP contribution in [0.4, 0.5) is 0 Å². The first kappa shape index (κ1) is 15.4. The molecule has 0 radical (unpaired) electrons. The molecule has 0 saturated heterocycles. The van der Waals surface area contributed by atoms with E-state index in [1.165, 1.54) is 0 Å². The van der Waals surface area contributed by atoms with E-state index in [4.69, 9.17) is 10.5 Å². The number of hydrogen-bond acceptors (Lipinski definition) is 4. The Morgan fingerprint density at radius 3 is 2.74 bits per heavy atom. The molecule has 0 bridgehead atoms. The van der Waals surface area contributed by atoms with Gasteiger partial charge in [-0.05, 0) is 38.9 Å². The van der Waals surface area contributed by atoms with Crippen molar-refractivity contribution in [3.63, 3.8) is 0 Å². The highest BCUT2D eigenvalue weighted by Gasteiger charge is 2.17. The molecule has 0 aliphatic rings. The molecule has 0 fully saturated rings. The lowest BCUT2D eigenvalue weighted by atomic mass is 10.0. The molecule has 1 rings (SSSR count). The number of carbonyl (C=O) groups excluding carboxylic acids is 1. The second kappa shape index (κ2) is 7.09. The number of carbonyl (C=O) groups is 1. The summed E-state index contributed by atoms with van der Waals surface area (Å²) in [4.78, 5) is 15.9. The minimum atomic E-state index is -0.205. The molecule has 0 aliphatic carbocycles. The zero-order valence-corrected chi connectivity index (χ0v) is 11.9. The Morgan fingerprint density at radius 2 is 2.21 bits per heavy atom. The van der Waals surface area contributed by atoms with Crippen LogP contribution in [0, 0.1) is 0 Å². The molecular formula is C14H23N3O2. The third kappa shape index (κ3) is 5.70.